The lowest BCUT2D eigenvalue weighted by atomic mass is 10.2. The van der Waals surface area contributed by atoms with Crippen LogP contribution in [0.2, 0.25) is 0 Å². The first-order valence-corrected chi connectivity index (χ1v) is 9.34. The van der Waals surface area contributed by atoms with E-state index in [1.807, 2.05) is 0 Å². The quantitative estimate of drug-likeness (QED) is 0.390. The molecule has 164 valence electrons. The van der Waals surface area contributed by atoms with E-state index in [0.717, 1.165) is 0 Å². The third-order valence-electron chi connectivity index (χ3n) is 4.94. The van der Waals surface area contributed by atoms with Gasteiger partial charge in [-0.2, -0.15) is 18.3 Å². The van der Waals surface area contributed by atoms with E-state index in [1.54, 1.807) is 0 Å². The Hall–Kier alpha value is -3.12. The number of hydrogen-bond acceptors (Lipinski definition) is 6. The van der Waals surface area contributed by atoms with Gasteiger partial charge in [0.05, 0.1) is 12.0 Å². The summed E-state index contributed by atoms with van der Waals surface area (Å²) in [6.45, 7) is 2.01. The van der Waals surface area contributed by atoms with Gasteiger partial charge in [0.25, 0.3) is 0 Å². The average Bonchev–Trinajstić information content (AvgIpc) is 3.37. The predicted octanol–water partition coefficient (Wildman–Crippen LogP) is 2.27. The van der Waals surface area contributed by atoms with Crippen molar-refractivity contribution in [1.29, 1.82) is 0 Å². The summed E-state index contributed by atoms with van der Waals surface area (Å²) in [7, 11) is 1.28. The van der Waals surface area contributed by atoms with Crippen molar-refractivity contribution in [3.63, 3.8) is 0 Å². The van der Waals surface area contributed by atoms with Crippen LogP contribution in [0, 0.1) is 10.1 Å². The molecule has 1 aliphatic carbocycles. The Balaban J connectivity index is 1.58. The maximum atomic E-state index is 13.2. The summed E-state index contributed by atoms with van der Waals surface area (Å²) in [5, 5.41) is 21.2. The van der Waals surface area contributed by atoms with Crippen molar-refractivity contribution >= 4 is 11.6 Å². The normalized spacial score (nSPS) is 14.4. The second-order valence-electron chi connectivity index (χ2n) is 6.93. The van der Waals surface area contributed by atoms with Crippen LogP contribution in [0.1, 0.15) is 42.8 Å². The molecule has 0 aromatic carbocycles. The molecule has 0 radical (unpaired) electrons. The summed E-state index contributed by atoms with van der Waals surface area (Å²) in [6.07, 6.45) is -1.55. The van der Waals surface area contributed by atoms with E-state index in [9.17, 15) is 28.1 Å². The molecule has 0 fully saturated rings. The number of nitro groups is 1. The molecule has 30 heavy (non-hydrogen) atoms. The van der Waals surface area contributed by atoms with Crippen LogP contribution >= 0.6 is 0 Å². The molecule has 1 amide bonds. The Kier molecular flexibility index (Phi) is 5.99. The number of alkyl halides is 3. The van der Waals surface area contributed by atoms with Gasteiger partial charge in [0.1, 0.15) is 12.2 Å². The van der Waals surface area contributed by atoms with Gasteiger partial charge in [-0.15, -0.1) is 5.10 Å². The number of nitrogens with one attached hydrogen (secondary N) is 1. The number of carbonyl (C=O) groups excluding carboxylic acids is 1. The Morgan fingerprint density at radius 3 is 2.73 bits per heavy atom. The van der Waals surface area contributed by atoms with E-state index in [4.69, 9.17) is 4.74 Å². The highest BCUT2D eigenvalue weighted by atomic mass is 19.4. The Bertz CT molecular complexity index is 952. The molecule has 1 aliphatic rings. The van der Waals surface area contributed by atoms with E-state index in [1.165, 1.54) is 29.6 Å². The molecule has 0 bridgehead atoms. The molecule has 0 saturated heterocycles. The summed E-state index contributed by atoms with van der Waals surface area (Å²) in [5.41, 5.74) is -0.538. The topological polar surface area (TPSA) is 117 Å². The number of aryl methyl sites for hydroxylation is 1. The number of methoxy groups -OCH3 is 1. The molecule has 10 nitrogen and oxygen atoms in total. The highest BCUT2D eigenvalue weighted by Gasteiger charge is 2.41. The highest BCUT2D eigenvalue weighted by molar-refractivity contribution is 5.79. The third kappa shape index (κ3) is 4.24. The number of halogens is 3. The molecule has 0 saturated carbocycles. The molecular formula is C17H21F3N6O4. The maximum absolute atomic E-state index is 13.2. The van der Waals surface area contributed by atoms with Gasteiger partial charge in [-0.05, 0) is 32.6 Å². The first-order valence-electron chi connectivity index (χ1n) is 9.34. The monoisotopic (exact) mass is 430 g/mol. The Labute approximate surface area is 169 Å². The van der Waals surface area contributed by atoms with Crippen LogP contribution in [-0.4, -0.2) is 44.0 Å². The molecule has 1 N–H and O–H groups in total. The molecule has 2 aromatic heterocycles. The first kappa shape index (κ1) is 21.6. The van der Waals surface area contributed by atoms with E-state index < -0.39 is 28.7 Å². The molecule has 2 aromatic rings. The van der Waals surface area contributed by atoms with Gasteiger partial charge in [0.2, 0.25) is 5.91 Å². The van der Waals surface area contributed by atoms with Crippen LogP contribution in [-0.2, 0) is 30.4 Å². The van der Waals surface area contributed by atoms with E-state index in [0.29, 0.717) is 31.4 Å². The lowest BCUT2D eigenvalue weighted by Crippen LogP contribution is -2.33. The number of amides is 1. The molecule has 2 heterocycles. The summed E-state index contributed by atoms with van der Waals surface area (Å²) < 4.78 is 46.9. The lowest BCUT2D eigenvalue weighted by Gasteiger charge is -2.15. The standard InChI is InChI=1S/C17H21F3N6O4/c1-10(25-12-6-3-5-11(12)14(22-25)17(18,19)20)15(27)21-7-4-8-24-9-13(26(28)29)16(23-24)30-2/h9-10H,3-8H2,1-2H3,(H,21,27)/t10-/m1/s1. The van der Waals surface area contributed by atoms with Crippen molar-refractivity contribution in [2.75, 3.05) is 13.7 Å². The highest BCUT2D eigenvalue weighted by Crippen LogP contribution is 2.37. The average molecular weight is 430 g/mol. The minimum Gasteiger partial charge on any atom is -0.475 e. The predicted molar refractivity (Wildman–Crippen MR) is 97.0 cm³/mol. The van der Waals surface area contributed by atoms with Crippen LogP contribution in [0.3, 0.4) is 0 Å². The van der Waals surface area contributed by atoms with E-state index in [2.05, 4.69) is 15.5 Å². The SMILES string of the molecule is COc1nn(CCCNC(=O)[C@@H](C)n2nc(C(F)(F)F)c3c2CCC3)cc1[N+](=O)[O-]. The smallest absolute Gasteiger partial charge is 0.435 e. The van der Waals surface area contributed by atoms with Crippen molar-refractivity contribution in [2.24, 2.45) is 0 Å². The van der Waals surface area contributed by atoms with Crippen molar-refractivity contribution in [3.05, 3.63) is 33.3 Å². The van der Waals surface area contributed by atoms with E-state index in [-0.39, 0.29) is 30.2 Å². The molecule has 0 spiro atoms. The minimum absolute atomic E-state index is 0.106. The maximum Gasteiger partial charge on any atom is 0.435 e. The summed E-state index contributed by atoms with van der Waals surface area (Å²) in [4.78, 5) is 22.7. The largest absolute Gasteiger partial charge is 0.475 e. The van der Waals surface area contributed by atoms with Gasteiger partial charge in [0.15, 0.2) is 5.69 Å². The van der Waals surface area contributed by atoms with Crippen molar-refractivity contribution < 1.29 is 27.6 Å². The number of ether oxygens (including phenoxy) is 1. The number of aromatic nitrogens is 4. The number of rotatable bonds is 8. The molecule has 13 heteroatoms. The van der Waals surface area contributed by atoms with Crippen molar-refractivity contribution in [2.45, 2.75) is 51.4 Å². The number of nitrogens with zero attached hydrogens (tertiary/aromatic N) is 5. The van der Waals surface area contributed by atoms with Crippen LogP contribution in [0.15, 0.2) is 6.20 Å². The van der Waals surface area contributed by atoms with Gasteiger partial charge >= 0.3 is 17.7 Å². The fraction of sp³-hybridized carbons (Fsp3) is 0.588. The summed E-state index contributed by atoms with van der Waals surface area (Å²) in [5.74, 6) is -0.560. The van der Waals surface area contributed by atoms with Gasteiger partial charge in [0, 0.05) is 24.3 Å². The van der Waals surface area contributed by atoms with Gasteiger partial charge in [-0.1, -0.05) is 0 Å². The minimum atomic E-state index is -4.55. The first-order chi connectivity index (χ1) is 14.1. The van der Waals surface area contributed by atoms with Gasteiger partial charge < -0.3 is 10.1 Å². The van der Waals surface area contributed by atoms with Crippen LogP contribution in [0.4, 0.5) is 18.9 Å². The van der Waals surface area contributed by atoms with E-state index >= 15 is 0 Å². The molecule has 1 atom stereocenters. The van der Waals surface area contributed by atoms with Crippen molar-refractivity contribution in [1.82, 2.24) is 24.9 Å². The zero-order valence-corrected chi connectivity index (χ0v) is 16.4. The second kappa shape index (κ2) is 8.32. The molecule has 0 unspecified atom stereocenters. The second-order valence-corrected chi connectivity index (χ2v) is 6.93. The molecule has 0 aliphatic heterocycles. The molecule has 3 rings (SSSR count). The van der Waals surface area contributed by atoms with Crippen molar-refractivity contribution in [3.8, 4) is 5.88 Å². The van der Waals surface area contributed by atoms with Gasteiger partial charge in [-0.25, -0.2) is 0 Å². The Morgan fingerprint density at radius 1 is 1.40 bits per heavy atom. The summed E-state index contributed by atoms with van der Waals surface area (Å²) >= 11 is 0. The number of hydrogen-bond donors (Lipinski definition) is 1. The van der Waals surface area contributed by atoms with Gasteiger partial charge in [-0.3, -0.25) is 24.3 Å². The third-order valence-corrected chi connectivity index (χ3v) is 4.94. The lowest BCUT2D eigenvalue weighted by molar-refractivity contribution is -0.385. The molecular weight excluding hydrogens is 409 g/mol. The van der Waals surface area contributed by atoms with Crippen LogP contribution in [0.5, 0.6) is 5.88 Å². The number of carbonyl (C=O) groups is 1. The zero-order chi connectivity index (χ0) is 22.1. The fourth-order valence-corrected chi connectivity index (χ4v) is 3.50. The van der Waals surface area contributed by atoms with Crippen LogP contribution in [0.25, 0.3) is 0 Å². The zero-order valence-electron chi connectivity index (χ0n) is 16.4. The summed E-state index contributed by atoms with van der Waals surface area (Å²) in [6, 6.07) is -0.890. The van der Waals surface area contributed by atoms with Crippen LogP contribution < -0.4 is 10.1 Å². The number of fused-ring (bicyclic) bond motifs is 1. The Morgan fingerprint density at radius 2 is 2.13 bits per heavy atom. The fourth-order valence-electron chi connectivity index (χ4n) is 3.50.